The maximum Gasteiger partial charge on any atom is 0.122 e. The number of hydrogen-bond donors (Lipinski definition) is 2. The second kappa shape index (κ2) is 5.66. The molecule has 2 heterocycles. The molecule has 0 saturated carbocycles. The highest BCUT2D eigenvalue weighted by atomic mass is 15.3. The van der Waals surface area contributed by atoms with Gasteiger partial charge < -0.3 is 9.88 Å². The lowest BCUT2D eigenvalue weighted by Gasteiger charge is -2.04. The summed E-state index contributed by atoms with van der Waals surface area (Å²) in [5.41, 5.74) is 2.86. The zero-order valence-electron chi connectivity index (χ0n) is 11.2. The third kappa shape index (κ3) is 2.60. The third-order valence-electron chi connectivity index (χ3n) is 3.16. The average molecular weight is 268 g/mol. The molecule has 3 aromatic rings. The lowest BCUT2D eigenvalue weighted by molar-refractivity contribution is 0.630. The number of H-pyrrole nitrogens is 1. The molecule has 0 aliphatic heterocycles. The first-order chi connectivity index (χ1) is 9.84. The monoisotopic (exact) mass is 268 g/mol. The van der Waals surface area contributed by atoms with Crippen molar-refractivity contribution in [3.05, 3.63) is 54.2 Å². The smallest absolute Gasteiger partial charge is 0.122 e. The van der Waals surface area contributed by atoms with Crippen molar-refractivity contribution in [3.8, 4) is 11.3 Å². The van der Waals surface area contributed by atoms with Crippen molar-refractivity contribution in [2.75, 3.05) is 0 Å². The molecule has 6 heteroatoms. The second-order valence-electron chi connectivity index (χ2n) is 4.54. The van der Waals surface area contributed by atoms with E-state index in [0.29, 0.717) is 13.1 Å². The fourth-order valence-electron chi connectivity index (χ4n) is 2.06. The van der Waals surface area contributed by atoms with Gasteiger partial charge in [-0.3, -0.25) is 0 Å². The van der Waals surface area contributed by atoms with Crippen molar-refractivity contribution in [2.45, 2.75) is 13.1 Å². The lowest BCUT2D eigenvalue weighted by Crippen LogP contribution is -2.16. The number of imidazole rings is 1. The van der Waals surface area contributed by atoms with Crippen LogP contribution in [0.25, 0.3) is 11.3 Å². The van der Waals surface area contributed by atoms with Gasteiger partial charge in [-0.2, -0.15) is 15.4 Å². The topological polar surface area (TPSA) is 71.4 Å². The Morgan fingerprint density at radius 1 is 1.15 bits per heavy atom. The third-order valence-corrected chi connectivity index (χ3v) is 3.16. The molecule has 0 amide bonds. The standard InChI is InChI=1S/C14H16N6/c1-20-8-7-16-13(20)10-15-9-12-14(18-19-17-12)11-5-3-2-4-6-11/h2-8,15H,9-10H2,1H3,(H,17,18,19). The highest BCUT2D eigenvalue weighted by molar-refractivity contribution is 5.60. The number of nitrogens with zero attached hydrogens (tertiary/aromatic N) is 4. The van der Waals surface area contributed by atoms with E-state index in [0.717, 1.165) is 22.8 Å². The summed E-state index contributed by atoms with van der Waals surface area (Å²) in [5.74, 6) is 0.995. The van der Waals surface area contributed by atoms with Crippen molar-refractivity contribution in [3.63, 3.8) is 0 Å². The highest BCUT2D eigenvalue weighted by Crippen LogP contribution is 2.18. The van der Waals surface area contributed by atoms with Crippen LogP contribution in [0.5, 0.6) is 0 Å². The van der Waals surface area contributed by atoms with E-state index < -0.39 is 0 Å². The van der Waals surface area contributed by atoms with Gasteiger partial charge in [0, 0.05) is 31.5 Å². The van der Waals surface area contributed by atoms with Gasteiger partial charge in [-0.1, -0.05) is 30.3 Å². The number of rotatable bonds is 5. The van der Waals surface area contributed by atoms with E-state index in [9.17, 15) is 0 Å². The molecule has 0 atom stereocenters. The number of nitrogens with one attached hydrogen (secondary N) is 2. The van der Waals surface area contributed by atoms with Crippen LogP contribution in [0.1, 0.15) is 11.5 Å². The minimum atomic E-state index is 0.646. The molecule has 0 spiro atoms. The zero-order valence-corrected chi connectivity index (χ0v) is 11.2. The van der Waals surface area contributed by atoms with Gasteiger partial charge in [0.2, 0.25) is 0 Å². The Kier molecular flexibility index (Phi) is 3.56. The van der Waals surface area contributed by atoms with Gasteiger partial charge in [-0.15, -0.1) is 0 Å². The molecule has 0 aliphatic carbocycles. The Hall–Kier alpha value is -2.47. The van der Waals surface area contributed by atoms with Crippen molar-refractivity contribution in [1.82, 2.24) is 30.3 Å². The SMILES string of the molecule is Cn1ccnc1CNCc1n[nH]nc1-c1ccccc1. The Morgan fingerprint density at radius 3 is 2.75 bits per heavy atom. The summed E-state index contributed by atoms with van der Waals surface area (Å²) in [6.45, 7) is 1.35. The molecule has 2 aromatic heterocycles. The van der Waals surface area contributed by atoms with Gasteiger partial charge in [0.1, 0.15) is 17.2 Å². The first kappa shape index (κ1) is 12.6. The molecule has 0 saturated heterocycles. The first-order valence-electron chi connectivity index (χ1n) is 6.46. The maximum atomic E-state index is 4.27. The summed E-state index contributed by atoms with van der Waals surface area (Å²) in [6, 6.07) is 10.0. The van der Waals surface area contributed by atoms with E-state index in [2.05, 4.69) is 25.7 Å². The van der Waals surface area contributed by atoms with Gasteiger partial charge in [0.05, 0.1) is 6.54 Å². The lowest BCUT2D eigenvalue weighted by atomic mass is 10.1. The molecule has 0 unspecified atom stereocenters. The summed E-state index contributed by atoms with van der Waals surface area (Å²) in [7, 11) is 1.98. The number of aryl methyl sites for hydroxylation is 1. The Balaban J connectivity index is 1.67. The minimum absolute atomic E-state index is 0.646. The van der Waals surface area contributed by atoms with E-state index >= 15 is 0 Å². The Bertz CT molecular complexity index is 670. The van der Waals surface area contributed by atoms with Crippen LogP contribution in [-0.2, 0) is 20.1 Å². The van der Waals surface area contributed by atoms with Crippen molar-refractivity contribution in [2.24, 2.45) is 7.05 Å². The average Bonchev–Trinajstić information content (AvgIpc) is 3.10. The number of hydrogen-bond acceptors (Lipinski definition) is 4. The van der Waals surface area contributed by atoms with Crippen LogP contribution in [0, 0.1) is 0 Å². The molecule has 6 nitrogen and oxygen atoms in total. The van der Waals surface area contributed by atoms with Crippen LogP contribution in [-0.4, -0.2) is 25.0 Å². The van der Waals surface area contributed by atoms with E-state index in [1.807, 2.05) is 48.1 Å². The fourth-order valence-corrected chi connectivity index (χ4v) is 2.06. The molecule has 3 rings (SSSR count). The van der Waals surface area contributed by atoms with Gasteiger partial charge in [0.15, 0.2) is 0 Å². The van der Waals surface area contributed by atoms with Gasteiger partial charge in [-0.25, -0.2) is 4.98 Å². The first-order valence-corrected chi connectivity index (χ1v) is 6.46. The predicted octanol–water partition coefficient (Wildman–Crippen LogP) is 1.49. The van der Waals surface area contributed by atoms with Crippen LogP contribution in [0.2, 0.25) is 0 Å². The van der Waals surface area contributed by atoms with Crippen LogP contribution in [0.4, 0.5) is 0 Å². The van der Waals surface area contributed by atoms with Gasteiger partial charge in [-0.05, 0) is 0 Å². The summed E-state index contributed by atoms with van der Waals surface area (Å²) in [6.07, 6.45) is 3.73. The minimum Gasteiger partial charge on any atom is -0.337 e. The highest BCUT2D eigenvalue weighted by Gasteiger charge is 2.09. The predicted molar refractivity (Wildman–Crippen MR) is 75.6 cm³/mol. The fraction of sp³-hybridized carbons (Fsp3) is 0.214. The molecule has 20 heavy (non-hydrogen) atoms. The quantitative estimate of drug-likeness (QED) is 0.735. The molecular formula is C14H16N6. The van der Waals surface area contributed by atoms with Crippen LogP contribution in [0.15, 0.2) is 42.7 Å². The summed E-state index contributed by atoms with van der Waals surface area (Å²) >= 11 is 0. The summed E-state index contributed by atoms with van der Waals surface area (Å²) in [4.78, 5) is 4.27. The Morgan fingerprint density at radius 2 is 2.00 bits per heavy atom. The molecule has 2 N–H and O–H groups in total. The van der Waals surface area contributed by atoms with Crippen molar-refractivity contribution < 1.29 is 0 Å². The largest absolute Gasteiger partial charge is 0.337 e. The van der Waals surface area contributed by atoms with Crippen LogP contribution in [0.3, 0.4) is 0 Å². The second-order valence-corrected chi connectivity index (χ2v) is 4.54. The molecule has 0 fully saturated rings. The molecule has 1 aromatic carbocycles. The molecule has 0 radical (unpaired) electrons. The van der Waals surface area contributed by atoms with Crippen LogP contribution >= 0.6 is 0 Å². The summed E-state index contributed by atoms with van der Waals surface area (Å²) < 4.78 is 1.99. The maximum absolute atomic E-state index is 4.27. The summed E-state index contributed by atoms with van der Waals surface area (Å²) in [5, 5.41) is 14.5. The van der Waals surface area contributed by atoms with Crippen LogP contribution < -0.4 is 5.32 Å². The van der Waals surface area contributed by atoms with Crippen molar-refractivity contribution in [1.29, 1.82) is 0 Å². The molecule has 0 bridgehead atoms. The molecule has 0 aliphatic rings. The van der Waals surface area contributed by atoms with Gasteiger partial charge in [0.25, 0.3) is 0 Å². The molecule has 102 valence electrons. The zero-order chi connectivity index (χ0) is 13.8. The van der Waals surface area contributed by atoms with Crippen molar-refractivity contribution >= 4 is 0 Å². The van der Waals surface area contributed by atoms with E-state index in [-0.39, 0.29) is 0 Å². The van der Waals surface area contributed by atoms with E-state index in [1.165, 1.54) is 0 Å². The normalized spacial score (nSPS) is 10.8. The van der Waals surface area contributed by atoms with E-state index in [1.54, 1.807) is 6.20 Å². The molecular weight excluding hydrogens is 252 g/mol. The Labute approximate surface area is 116 Å². The number of benzene rings is 1. The number of aromatic amines is 1. The van der Waals surface area contributed by atoms with E-state index in [4.69, 9.17) is 0 Å². The van der Waals surface area contributed by atoms with Gasteiger partial charge >= 0.3 is 0 Å². The number of aromatic nitrogens is 5.